The zero-order chi connectivity index (χ0) is 12.3. The molecule has 1 heterocycles. The molecule has 0 fully saturated rings. The topological polar surface area (TPSA) is 26.9 Å². The molecule has 17 heavy (non-hydrogen) atoms. The second kappa shape index (κ2) is 4.99. The van der Waals surface area contributed by atoms with Crippen molar-refractivity contribution in [3.63, 3.8) is 0 Å². The van der Waals surface area contributed by atoms with Crippen molar-refractivity contribution in [3.8, 4) is 0 Å². The molecule has 4 heteroatoms. The number of hydrogen-bond acceptors (Lipinski definition) is 1. The van der Waals surface area contributed by atoms with Crippen molar-refractivity contribution >= 4 is 0 Å². The maximum absolute atomic E-state index is 13.4. The summed E-state index contributed by atoms with van der Waals surface area (Å²) in [7, 11) is 0. The van der Waals surface area contributed by atoms with Gasteiger partial charge in [-0.2, -0.15) is 0 Å². The predicted molar refractivity (Wildman–Crippen MR) is 64.5 cm³/mol. The number of hydrogen-bond donors (Lipinski definition) is 0. The molecule has 90 valence electrons. The number of rotatable bonds is 4. The van der Waals surface area contributed by atoms with Crippen LogP contribution in [-0.2, 0) is 13.1 Å². The Labute approximate surface area is 99.1 Å². The largest absolute Gasteiger partial charge is 0.328 e. The molecule has 0 bridgehead atoms. The summed E-state index contributed by atoms with van der Waals surface area (Å²) in [6.45, 7) is 2.99. The van der Waals surface area contributed by atoms with Gasteiger partial charge in [0.1, 0.15) is 5.82 Å². The second-order valence-corrected chi connectivity index (χ2v) is 3.99. The minimum absolute atomic E-state index is 0.0879. The zero-order valence-corrected chi connectivity index (χ0v) is 9.77. The average molecular weight is 234 g/mol. The minimum atomic E-state index is -0.275. The molecule has 0 aliphatic rings. The molecule has 0 aliphatic carbocycles. The Bertz CT molecular complexity index is 557. The summed E-state index contributed by atoms with van der Waals surface area (Å²) >= 11 is 0. The van der Waals surface area contributed by atoms with Crippen molar-refractivity contribution in [1.29, 1.82) is 0 Å². The van der Waals surface area contributed by atoms with Gasteiger partial charge in [0.05, 0.1) is 6.54 Å². The van der Waals surface area contributed by atoms with Gasteiger partial charge in [-0.3, -0.25) is 9.13 Å². The van der Waals surface area contributed by atoms with E-state index in [0.717, 1.165) is 6.42 Å². The Hall–Kier alpha value is -1.84. The van der Waals surface area contributed by atoms with Crippen molar-refractivity contribution in [1.82, 2.24) is 9.13 Å². The molecule has 0 amide bonds. The van der Waals surface area contributed by atoms with Gasteiger partial charge >= 0.3 is 5.69 Å². The molecule has 2 aromatic rings. The maximum atomic E-state index is 13.4. The van der Waals surface area contributed by atoms with Gasteiger partial charge in [-0.05, 0) is 12.5 Å². The van der Waals surface area contributed by atoms with E-state index < -0.39 is 0 Å². The molecule has 0 spiro atoms. The first-order valence-electron chi connectivity index (χ1n) is 5.71. The highest BCUT2D eigenvalue weighted by Crippen LogP contribution is 2.07. The van der Waals surface area contributed by atoms with Gasteiger partial charge in [0.25, 0.3) is 0 Å². The van der Waals surface area contributed by atoms with E-state index in [1.165, 1.54) is 10.6 Å². The van der Waals surface area contributed by atoms with E-state index in [9.17, 15) is 9.18 Å². The molecule has 0 saturated heterocycles. The molecule has 0 radical (unpaired) electrons. The molecule has 0 aliphatic heterocycles. The van der Waals surface area contributed by atoms with Crippen LogP contribution in [0.3, 0.4) is 0 Å². The van der Waals surface area contributed by atoms with Crippen LogP contribution < -0.4 is 5.69 Å². The fourth-order valence-electron chi connectivity index (χ4n) is 1.80. The molecule has 3 nitrogen and oxygen atoms in total. The molecule has 0 N–H and O–H groups in total. The third kappa shape index (κ3) is 2.46. The number of aryl methyl sites for hydroxylation is 1. The number of nitrogens with zero attached hydrogens (tertiary/aromatic N) is 2. The number of aromatic nitrogens is 2. The van der Waals surface area contributed by atoms with Gasteiger partial charge in [-0.15, -0.1) is 0 Å². The number of imidazole rings is 1. The van der Waals surface area contributed by atoms with E-state index in [1.807, 2.05) is 6.92 Å². The Morgan fingerprint density at radius 1 is 1.18 bits per heavy atom. The second-order valence-electron chi connectivity index (χ2n) is 3.99. The minimum Gasteiger partial charge on any atom is -0.299 e. The van der Waals surface area contributed by atoms with Crippen LogP contribution in [-0.4, -0.2) is 9.13 Å². The molecule has 1 aromatic heterocycles. The first kappa shape index (κ1) is 11.6. The van der Waals surface area contributed by atoms with Gasteiger partial charge in [-0.1, -0.05) is 25.1 Å². The standard InChI is InChI=1S/C13H15FN2O/c1-2-7-15-8-9-16(13(15)17)10-11-5-3-4-6-12(11)14/h3-6,8-9H,2,7,10H2,1H3. The fraction of sp³-hybridized carbons (Fsp3) is 0.308. The van der Waals surface area contributed by atoms with Gasteiger partial charge in [0.15, 0.2) is 0 Å². The van der Waals surface area contributed by atoms with Crippen molar-refractivity contribution in [2.24, 2.45) is 0 Å². The summed E-state index contributed by atoms with van der Waals surface area (Å²) in [6.07, 6.45) is 4.35. The van der Waals surface area contributed by atoms with E-state index in [4.69, 9.17) is 0 Å². The van der Waals surface area contributed by atoms with Crippen molar-refractivity contribution in [3.05, 3.63) is 58.5 Å². The van der Waals surface area contributed by atoms with E-state index in [2.05, 4.69) is 0 Å². The maximum Gasteiger partial charge on any atom is 0.328 e. The highest BCUT2D eigenvalue weighted by atomic mass is 19.1. The van der Waals surface area contributed by atoms with Crippen LogP contribution in [0.2, 0.25) is 0 Å². The molecular weight excluding hydrogens is 219 g/mol. The summed E-state index contributed by atoms with van der Waals surface area (Å²) in [6, 6.07) is 6.51. The third-order valence-corrected chi connectivity index (χ3v) is 2.68. The Morgan fingerprint density at radius 2 is 1.88 bits per heavy atom. The lowest BCUT2D eigenvalue weighted by atomic mass is 10.2. The van der Waals surface area contributed by atoms with Crippen LogP contribution >= 0.6 is 0 Å². The normalized spacial score (nSPS) is 10.7. The quantitative estimate of drug-likeness (QED) is 0.797. The van der Waals surface area contributed by atoms with E-state index in [0.29, 0.717) is 12.1 Å². The lowest BCUT2D eigenvalue weighted by Gasteiger charge is -2.03. The lowest BCUT2D eigenvalue weighted by Crippen LogP contribution is -2.24. The Balaban J connectivity index is 2.25. The fourth-order valence-corrected chi connectivity index (χ4v) is 1.80. The molecule has 0 atom stereocenters. The number of benzene rings is 1. The highest BCUT2D eigenvalue weighted by molar-refractivity contribution is 5.17. The van der Waals surface area contributed by atoms with E-state index >= 15 is 0 Å². The van der Waals surface area contributed by atoms with Crippen molar-refractivity contribution in [2.45, 2.75) is 26.4 Å². The van der Waals surface area contributed by atoms with Gasteiger partial charge in [0, 0.05) is 24.5 Å². The molecular formula is C13H15FN2O. The Morgan fingerprint density at radius 3 is 2.59 bits per heavy atom. The van der Waals surface area contributed by atoms with Crippen molar-refractivity contribution < 1.29 is 4.39 Å². The average Bonchev–Trinajstić information content (AvgIpc) is 2.65. The summed E-state index contributed by atoms with van der Waals surface area (Å²) in [5, 5.41) is 0. The van der Waals surface area contributed by atoms with Gasteiger partial charge in [-0.25, -0.2) is 9.18 Å². The lowest BCUT2D eigenvalue weighted by molar-refractivity contribution is 0.585. The molecule has 2 rings (SSSR count). The van der Waals surface area contributed by atoms with Gasteiger partial charge in [0.2, 0.25) is 0 Å². The smallest absolute Gasteiger partial charge is 0.299 e. The predicted octanol–water partition coefficient (Wildman–Crippen LogP) is 2.25. The summed E-state index contributed by atoms with van der Waals surface area (Å²) in [4.78, 5) is 11.9. The van der Waals surface area contributed by atoms with Crippen LogP contribution in [0.15, 0.2) is 41.5 Å². The van der Waals surface area contributed by atoms with E-state index in [1.54, 1.807) is 35.2 Å². The summed E-state index contributed by atoms with van der Waals surface area (Å²) in [5.41, 5.74) is 0.443. The highest BCUT2D eigenvalue weighted by Gasteiger charge is 2.05. The van der Waals surface area contributed by atoms with Crippen LogP contribution in [0, 0.1) is 5.82 Å². The van der Waals surface area contributed by atoms with Crippen LogP contribution in [0.25, 0.3) is 0 Å². The first-order chi connectivity index (χ1) is 8.22. The Kier molecular flexibility index (Phi) is 3.42. The molecule has 0 unspecified atom stereocenters. The van der Waals surface area contributed by atoms with Gasteiger partial charge < -0.3 is 0 Å². The SMILES string of the molecule is CCCn1ccn(Cc2ccccc2F)c1=O. The summed E-state index contributed by atoms with van der Waals surface area (Å²) < 4.78 is 16.6. The van der Waals surface area contributed by atoms with Crippen molar-refractivity contribution in [2.75, 3.05) is 0 Å². The third-order valence-electron chi connectivity index (χ3n) is 2.68. The number of halogens is 1. The summed E-state index contributed by atoms with van der Waals surface area (Å²) in [5.74, 6) is -0.275. The van der Waals surface area contributed by atoms with Crippen LogP contribution in [0.5, 0.6) is 0 Å². The monoisotopic (exact) mass is 234 g/mol. The van der Waals surface area contributed by atoms with E-state index in [-0.39, 0.29) is 18.1 Å². The zero-order valence-electron chi connectivity index (χ0n) is 9.77. The molecule has 1 aromatic carbocycles. The molecule has 0 saturated carbocycles. The first-order valence-corrected chi connectivity index (χ1v) is 5.71. The van der Waals surface area contributed by atoms with Crippen LogP contribution in [0.4, 0.5) is 4.39 Å². The van der Waals surface area contributed by atoms with Crippen LogP contribution in [0.1, 0.15) is 18.9 Å².